The third-order valence-corrected chi connectivity index (χ3v) is 5.68. The van der Waals surface area contributed by atoms with Gasteiger partial charge in [0.15, 0.2) is 11.2 Å². The fourth-order valence-electron chi connectivity index (χ4n) is 4.18. The molecule has 0 amide bonds. The Morgan fingerprint density at radius 2 is 1.78 bits per heavy atom. The Labute approximate surface area is 157 Å². The van der Waals surface area contributed by atoms with Crippen LogP contribution in [0.1, 0.15) is 38.3 Å². The predicted octanol–water partition coefficient (Wildman–Crippen LogP) is 1.35. The predicted molar refractivity (Wildman–Crippen MR) is 106 cm³/mol. The lowest BCUT2D eigenvalue weighted by Gasteiger charge is -2.26. The zero-order valence-corrected chi connectivity index (χ0v) is 16.4. The molecule has 0 saturated carbocycles. The van der Waals surface area contributed by atoms with E-state index < -0.39 is 0 Å². The monoisotopic (exact) mass is 372 g/mol. The van der Waals surface area contributed by atoms with Crippen LogP contribution >= 0.6 is 0 Å². The van der Waals surface area contributed by atoms with Gasteiger partial charge in [-0.3, -0.25) is 18.3 Å². The minimum Gasteiger partial charge on any atom is -0.314 e. The molecule has 0 atom stereocenters. The SMILES string of the molecule is CCCn1c(C)cn2c3c(=O)n(CCN4CCCCC4)c(=O)n(C)c3nc12. The first-order valence-corrected chi connectivity index (χ1v) is 9.93. The third kappa shape index (κ3) is 2.92. The Balaban J connectivity index is 1.83. The largest absolute Gasteiger partial charge is 0.332 e. The molecule has 0 bridgehead atoms. The summed E-state index contributed by atoms with van der Waals surface area (Å²) in [5.41, 5.74) is 1.48. The van der Waals surface area contributed by atoms with Crippen LogP contribution in [0.4, 0.5) is 0 Å². The number of aryl methyl sites for hydroxylation is 3. The lowest BCUT2D eigenvalue weighted by Crippen LogP contribution is -2.43. The van der Waals surface area contributed by atoms with Crippen molar-refractivity contribution in [1.29, 1.82) is 0 Å². The van der Waals surface area contributed by atoms with E-state index in [1.807, 2.05) is 17.5 Å². The van der Waals surface area contributed by atoms with E-state index in [4.69, 9.17) is 0 Å². The lowest BCUT2D eigenvalue weighted by atomic mass is 10.1. The van der Waals surface area contributed by atoms with Gasteiger partial charge in [-0.2, -0.15) is 4.98 Å². The second-order valence-corrected chi connectivity index (χ2v) is 7.58. The summed E-state index contributed by atoms with van der Waals surface area (Å²) in [5.74, 6) is 0.727. The van der Waals surface area contributed by atoms with E-state index in [1.165, 1.54) is 28.4 Å². The smallest absolute Gasteiger partial charge is 0.314 e. The van der Waals surface area contributed by atoms with Gasteiger partial charge in [0.05, 0.1) is 0 Å². The third-order valence-electron chi connectivity index (χ3n) is 5.68. The number of rotatable bonds is 5. The van der Waals surface area contributed by atoms with E-state index in [0.29, 0.717) is 17.7 Å². The van der Waals surface area contributed by atoms with Gasteiger partial charge >= 0.3 is 5.69 Å². The second kappa shape index (κ2) is 6.99. The second-order valence-electron chi connectivity index (χ2n) is 7.58. The van der Waals surface area contributed by atoms with E-state index in [2.05, 4.69) is 21.4 Å². The van der Waals surface area contributed by atoms with Gasteiger partial charge in [0.25, 0.3) is 5.56 Å². The quantitative estimate of drug-likeness (QED) is 0.678. The van der Waals surface area contributed by atoms with Crippen molar-refractivity contribution < 1.29 is 0 Å². The number of hydrogen-bond acceptors (Lipinski definition) is 4. The number of hydrogen-bond donors (Lipinski definition) is 0. The van der Waals surface area contributed by atoms with Gasteiger partial charge in [-0.1, -0.05) is 13.3 Å². The zero-order valence-electron chi connectivity index (χ0n) is 16.4. The summed E-state index contributed by atoms with van der Waals surface area (Å²) in [5, 5.41) is 0. The van der Waals surface area contributed by atoms with Crippen LogP contribution in [0.5, 0.6) is 0 Å². The molecule has 1 fully saturated rings. The maximum atomic E-state index is 13.2. The number of fused-ring (bicyclic) bond motifs is 3. The molecule has 4 heterocycles. The van der Waals surface area contributed by atoms with Crippen LogP contribution in [0.2, 0.25) is 0 Å². The van der Waals surface area contributed by atoms with E-state index in [9.17, 15) is 9.59 Å². The number of likely N-dealkylation sites (tertiary alicyclic amines) is 1. The molecular formula is C19H28N6O2. The van der Waals surface area contributed by atoms with Gasteiger partial charge in [0.1, 0.15) is 0 Å². The molecule has 0 spiro atoms. The van der Waals surface area contributed by atoms with E-state index in [1.54, 1.807) is 7.05 Å². The molecule has 8 nitrogen and oxygen atoms in total. The highest BCUT2D eigenvalue weighted by atomic mass is 16.2. The molecule has 1 aliphatic heterocycles. The summed E-state index contributed by atoms with van der Waals surface area (Å²) >= 11 is 0. The van der Waals surface area contributed by atoms with Gasteiger partial charge in [0, 0.05) is 38.6 Å². The molecular weight excluding hydrogens is 344 g/mol. The first kappa shape index (κ1) is 18.0. The standard InChI is InChI=1S/C19H28N6O2/c1-4-8-23-14(2)13-25-15-16(20-18(23)25)21(3)19(27)24(17(15)26)12-11-22-9-6-5-7-10-22/h13H,4-12H2,1-3H3. The summed E-state index contributed by atoms with van der Waals surface area (Å²) < 4.78 is 6.82. The van der Waals surface area contributed by atoms with Gasteiger partial charge in [-0.25, -0.2) is 4.79 Å². The number of nitrogens with zero attached hydrogens (tertiary/aromatic N) is 6. The van der Waals surface area contributed by atoms with Crippen LogP contribution in [0, 0.1) is 6.92 Å². The Bertz CT molecular complexity index is 1090. The molecule has 0 aliphatic carbocycles. The number of imidazole rings is 2. The van der Waals surface area contributed by atoms with Crippen molar-refractivity contribution in [2.75, 3.05) is 19.6 Å². The van der Waals surface area contributed by atoms with Crippen molar-refractivity contribution in [3.05, 3.63) is 32.7 Å². The number of piperidine rings is 1. The molecule has 8 heteroatoms. The molecule has 27 heavy (non-hydrogen) atoms. The van der Waals surface area contributed by atoms with Crippen molar-refractivity contribution in [1.82, 2.24) is 28.0 Å². The van der Waals surface area contributed by atoms with E-state index >= 15 is 0 Å². The summed E-state index contributed by atoms with van der Waals surface area (Å²) in [6.45, 7) is 8.22. The summed E-state index contributed by atoms with van der Waals surface area (Å²) in [4.78, 5) is 33.0. The van der Waals surface area contributed by atoms with Gasteiger partial charge in [-0.05, 0) is 39.3 Å². The topological polar surface area (TPSA) is 69.5 Å². The Hall–Kier alpha value is -2.35. The molecule has 4 rings (SSSR count). The highest BCUT2D eigenvalue weighted by Crippen LogP contribution is 2.16. The minimum absolute atomic E-state index is 0.244. The van der Waals surface area contributed by atoms with Crippen LogP contribution in [-0.2, 0) is 20.1 Å². The van der Waals surface area contributed by atoms with Crippen molar-refractivity contribution in [2.45, 2.75) is 52.6 Å². The Morgan fingerprint density at radius 1 is 1.04 bits per heavy atom. The van der Waals surface area contributed by atoms with Crippen molar-refractivity contribution in [3.63, 3.8) is 0 Å². The maximum absolute atomic E-state index is 13.2. The fourth-order valence-corrected chi connectivity index (χ4v) is 4.18. The molecule has 3 aromatic heterocycles. The van der Waals surface area contributed by atoms with Crippen LogP contribution in [0.3, 0.4) is 0 Å². The first-order chi connectivity index (χ1) is 13.0. The van der Waals surface area contributed by atoms with Gasteiger partial charge in [-0.15, -0.1) is 0 Å². The van der Waals surface area contributed by atoms with Gasteiger partial charge < -0.3 is 9.47 Å². The normalized spacial score (nSPS) is 16.0. The van der Waals surface area contributed by atoms with Crippen LogP contribution in [0.15, 0.2) is 15.8 Å². The highest BCUT2D eigenvalue weighted by Gasteiger charge is 2.20. The summed E-state index contributed by atoms with van der Waals surface area (Å²) in [6.07, 6.45) is 6.58. The number of aromatic nitrogens is 5. The summed E-state index contributed by atoms with van der Waals surface area (Å²) in [6, 6.07) is 0. The molecule has 0 unspecified atom stereocenters. The van der Waals surface area contributed by atoms with Crippen LogP contribution in [-0.4, -0.2) is 47.6 Å². The first-order valence-electron chi connectivity index (χ1n) is 9.93. The molecule has 0 radical (unpaired) electrons. The molecule has 0 N–H and O–H groups in total. The van der Waals surface area contributed by atoms with Crippen LogP contribution in [0.25, 0.3) is 16.9 Å². The lowest BCUT2D eigenvalue weighted by molar-refractivity contribution is 0.218. The average Bonchev–Trinajstić information content (AvgIpc) is 3.17. The molecule has 1 aliphatic rings. The highest BCUT2D eigenvalue weighted by molar-refractivity contribution is 5.75. The molecule has 3 aromatic rings. The molecule has 0 aromatic carbocycles. The average molecular weight is 372 g/mol. The summed E-state index contributed by atoms with van der Waals surface area (Å²) in [7, 11) is 1.70. The molecule has 1 saturated heterocycles. The zero-order chi connectivity index (χ0) is 19.1. The molecule has 146 valence electrons. The van der Waals surface area contributed by atoms with Crippen molar-refractivity contribution >= 4 is 16.9 Å². The fraction of sp³-hybridized carbons (Fsp3) is 0.632. The van der Waals surface area contributed by atoms with Crippen molar-refractivity contribution in [3.8, 4) is 0 Å². The minimum atomic E-state index is -0.288. The Morgan fingerprint density at radius 3 is 2.48 bits per heavy atom. The Kier molecular flexibility index (Phi) is 4.67. The maximum Gasteiger partial charge on any atom is 0.332 e. The van der Waals surface area contributed by atoms with E-state index in [0.717, 1.165) is 44.1 Å². The van der Waals surface area contributed by atoms with Gasteiger partial charge in [0.2, 0.25) is 5.78 Å². The van der Waals surface area contributed by atoms with Crippen molar-refractivity contribution in [2.24, 2.45) is 7.05 Å². The van der Waals surface area contributed by atoms with E-state index in [-0.39, 0.29) is 11.2 Å². The van der Waals surface area contributed by atoms with Crippen LogP contribution < -0.4 is 11.2 Å².